The van der Waals surface area contributed by atoms with Crippen LogP contribution in [0.25, 0.3) is 10.1 Å². The molecule has 2 fully saturated rings. The van der Waals surface area contributed by atoms with Gasteiger partial charge in [0.05, 0.1) is 6.61 Å². The van der Waals surface area contributed by atoms with Gasteiger partial charge in [-0.15, -0.1) is 11.3 Å². The normalized spacial score (nSPS) is 18.7. The van der Waals surface area contributed by atoms with Gasteiger partial charge < -0.3 is 15.4 Å². The van der Waals surface area contributed by atoms with Crippen molar-refractivity contribution in [1.29, 1.82) is 0 Å². The monoisotopic (exact) mass is 429 g/mol. The Balaban J connectivity index is 1.49. The van der Waals surface area contributed by atoms with E-state index in [0.717, 1.165) is 27.8 Å². The smallest absolute Gasteiger partial charge is 0.348 e. The van der Waals surface area contributed by atoms with Crippen LogP contribution < -0.4 is 10.6 Å². The third kappa shape index (κ3) is 3.43. The largest absolute Gasteiger partial charge is 0.462 e. The van der Waals surface area contributed by atoms with E-state index in [0.29, 0.717) is 30.0 Å². The van der Waals surface area contributed by atoms with E-state index in [1.54, 1.807) is 32.0 Å². The van der Waals surface area contributed by atoms with Crippen LogP contribution >= 0.6 is 11.3 Å². The van der Waals surface area contributed by atoms with Crippen molar-refractivity contribution in [2.45, 2.75) is 51.1 Å². The van der Waals surface area contributed by atoms with Gasteiger partial charge in [-0.3, -0.25) is 9.59 Å². The highest BCUT2D eigenvalue weighted by molar-refractivity contribution is 7.20. The topological polar surface area (TPSA) is 105 Å². The van der Waals surface area contributed by atoms with Crippen LogP contribution in [0.15, 0.2) is 24.3 Å². The molecule has 1 spiro atoms. The summed E-state index contributed by atoms with van der Waals surface area (Å²) in [5, 5.41) is 6.36. The fourth-order valence-corrected chi connectivity index (χ4v) is 5.04. The van der Waals surface area contributed by atoms with E-state index in [-0.39, 0.29) is 11.9 Å². The van der Waals surface area contributed by atoms with Gasteiger partial charge in [0.1, 0.15) is 16.5 Å². The molecule has 4 rings (SSSR count). The lowest BCUT2D eigenvalue weighted by Crippen LogP contribution is -2.48. The molecule has 2 aliphatic rings. The quantitative estimate of drug-likeness (QED) is 0.561. The number of ether oxygens (including phenoxy) is 1. The molecule has 1 aromatic carbocycles. The zero-order valence-electron chi connectivity index (χ0n) is 16.8. The van der Waals surface area contributed by atoms with Crippen molar-refractivity contribution in [3.63, 3.8) is 0 Å². The number of esters is 1. The van der Waals surface area contributed by atoms with E-state index >= 15 is 0 Å². The van der Waals surface area contributed by atoms with Crippen LogP contribution in [0.5, 0.6) is 0 Å². The molecule has 2 aromatic rings. The molecule has 1 saturated heterocycles. The highest BCUT2D eigenvalue weighted by atomic mass is 32.1. The van der Waals surface area contributed by atoms with Gasteiger partial charge in [-0.2, -0.15) is 0 Å². The minimum atomic E-state index is -0.939. The molecule has 1 unspecified atom stereocenters. The van der Waals surface area contributed by atoms with Crippen LogP contribution in [-0.4, -0.2) is 46.9 Å². The molecule has 0 bridgehead atoms. The molecule has 1 saturated carbocycles. The molecule has 0 radical (unpaired) electrons. The molecule has 9 heteroatoms. The van der Waals surface area contributed by atoms with E-state index in [1.807, 2.05) is 6.07 Å². The molecule has 2 heterocycles. The number of anilines is 1. The molecular weight excluding hydrogens is 406 g/mol. The third-order valence-corrected chi connectivity index (χ3v) is 6.77. The zero-order chi connectivity index (χ0) is 21.5. The summed E-state index contributed by atoms with van der Waals surface area (Å²) in [4.78, 5) is 51.5. The van der Waals surface area contributed by atoms with Crippen molar-refractivity contribution in [2.24, 2.45) is 0 Å². The molecule has 1 atom stereocenters. The van der Waals surface area contributed by atoms with E-state index in [2.05, 4.69) is 10.6 Å². The van der Waals surface area contributed by atoms with Crippen LogP contribution in [0.3, 0.4) is 0 Å². The van der Waals surface area contributed by atoms with Gasteiger partial charge in [-0.1, -0.05) is 12.8 Å². The average molecular weight is 429 g/mol. The summed E-state index contributed by atoms with van der Waals surface area (Å²) in [6, 6.07) is 5.55. The minimum absolute atomic E-state index is 0.302. The Morgan fingerprint density at radius 2 is 2.00 bits per heavy atom. The molecule has 1 aromatic heterocycles. The molecular formula is C21H23N3O5S. The van der Waals surface area contributed by atoms with Gasteiger partial charge in [0, 0.05) is 10.4 Å². The Morgan fingerprint density at radius 1 is 1.27 bits per heavy atom. The molecule has 158 valence electrons. The highest BCUT2D eigenvalue weighted by Crippen LogP contribution is 2.36. The number of rotatable bonds is 5. The molecule has 4 amide bonds. The maximum atomic E-state index is 12.9. The Morgan fingerprint density at radius 3 is 2.70 bits per heavy atom. The molecule has 1 aliphatic carbocycles. The summed E-state index contributed by atoms with van der Waals surface area (Å²) >= 11 is 1.32. The zero-order valence-corrected chi connectivity index (χ0v) is 17.6. The highest BCUT2D eigenvalue weighted by Gasteiger charge is 2.54. The second kappa shape index (κ2) is 7.71. The van der Waals surface area contributed by atoms with E-state index < -0.39 is 23.5 Å². The van der Waals surface area contributed by atoms with E-state index in [1.165, 1.54) is 11.3 Å². The Kier molecular flexibility index (Phi) is 5.23. The van der Waals surface area contributed by atoms with Gasteiger partial charge >= 0.3 is 12.0 Å². The average Bonchev–Trinajstić information content (AvgIpc) is 3.40. The lowest BCUT2D eigenvalue weighted by atomic mass is 9.97. The number of benzene rings is 1. The first kappa shape index (κ1) is 20.3. The lowest BCUT2D eigenvalue weighted by molar-refractivity contribution is -0.136. The van der Waals surface area contributed by atoms with Crippen LogP contribution in [0, 0.1) is 0 Å². The first-order valence-corrected chi connectivity index (χ1v) is 10.8. The van der Waals surface area contributed by atoms with Crippen LogP contribution in [-0.2, 0) is 14.3 Å². The van der Waals surface area contributed by atoms with E-state index in [9.17, 15) is 19.2 Å². The number of nitrogens with zero attached hydrogens (tertiary/aromatic N) is 1. The number of amides is 4. The van der Waals surface area contributed by atoms with Crippen molar-refractivity contribution in [2.75, 3.05) is 11.9 Å². The summed E-state index contributed by atoms with van der Waals surface area (Å²) < 4.78 is 5.92. The second-order valence-electron chi connectivity index (χ2n) is 7.64. The summed E-state index contributed by atoms with van der Waals surface area (Å²) in [7, 11) is 0. The standard InChI is InChI=1S/C21H23N3O5S/c1-3-29-18(26)16-11-13-10-14(6-7-15(13)30-16)22-17(25)12(2)24-19(27)21(23-20(24)28)8-4-5-9-21/h6-7,10-12H,3-5,8-9H2,1-2H3,(H,22,25)(H,23,28). The molecule has 8 nitrogen and oxygen atoms in total. The minimum Gasteiger partial charge on any atom is -0.462 e. The summed E-state index contributed by atoms with van der Waals surface area (Å²) in [5.74, 6) is -1.15. The lowest BCUT2D eigenvalue weighted by Gasteiger charge is -2.23. The molecule has 2 N–H and O–H groups in total. The number of hydrogen-bond donors (Lipinski definition) is 2. The number of hydrogen-bond acceptors (Lipinski definition) is 6. The van der Waals surface area contributed by atoms with Gasteiger partial charge in [0.15, 0.2) is 0 Å². The number of imide groups is 1. The number of carbonyl (C=O) groups excluding carboxylic acids is 4. The van der Waals surface area contributed by atoms with Crippen LogP contribution in [0.4, 0.5) is 10.5 Å². The maximum Gasteiger partial charge on any atom is 0.348 e. The van der Waals surface area contributed by atoms with Crippen molar-refractivity contribution >= 4 is 50.9 Å². The Labute approximate surface area is 177 Å². The van der Waals surface area contributed by atoms with E-state index in [4.69, 9.17) is 4.74 Å². The predicted molar refractivity (Wildman–Crippen MR) is 112 cm³/mol. The van der Waals surface area contributed by atoms with Crippen molar-refractivity contribution in [3.8, 4) is 0 Å². The van der Waals surface area contributed by atoms with Gasteiger partial charge in [-0.05, 0) is 56.3 Å². The summed E-state index contributed by atoms with van der Waals surface area (Å²) in [6.07, 6.45) is 2.99. The van der Waals surface area contributed by atoms with Crippen LogP contribution in [0.1, 0.15) is 49.2 Å². The number of thiophene rings is 1. The predicted octanol–water partition coefficient (Wildman–Crippen LogP) is 3.27. The van der Waals surface area contributed by atoms with Crippen molar-refractivity contribution < 1.29 is 23.9 Å². The molecule has 30 heavy (non-hydrogen) atoms. The summed E-state index contributed by atoms with van der Waals surface area (Å²) in [6.45, 7) is 3.60. The van der Waals surface area contributed by atoms with Gasteiger partial charge in [0.2, 0.25) is 5.91 Å². The molecule has 1 aliphatic heterocycles. The SMILES string of the molecule is CCOC(=O)c1cc2cc(NC(=O)C(C)N3C(=O)NC4(CCCC4)C3=O)ccc2s1. The van der Waals surface area contributed by atoms with Gasteiger partial charge in [0.25, 0.3) is 5.91 Å². The fraction of sp³-hybridized carbons (Fsp3) is 0.429. The fourth-order valence-electron chi connectivity index (χ4n) is 4.10. The number of carbonyl (C=O) groups is 4. The Bertz CT molecular complexity index is 1040. The maximum absolute atomic E-state index is 12.9. The second-order valence-corrected chi connectivity index (χ2v) is 8.73. The van der Waals surface area contributed by atoms with Crippen LogP contribution in [0.2, 0.25) is 0 Å². The Hall–Kier alpha value is -2.94. The van der Waals surface area contributed by atoms with Crippen molar-refractivity contribution in [3.05, 3.63) is 29.1 Å². The number of fused-ring (bicyclic) bond motifs is 1. The first-order valence-electron chi connectivity index (χ1n) is 10.0. The number of nitrogens with one attached hydrogen (secondary N) is 2. The third-order valence-electron chi connectivity index (χ3n) is 5.68. The summed E-state index contributed by atoms with van der Waals surface area (Å²) in [5.41, 5.74) is -0.319. The van der Waals surface area contributed by atoms with Crippen molar-refractivity contribution in [1.82, 2.24) is 10.2 Å². The van der Waals surface area contributed by atoms with Gasteiger partial charge in [-0.25, -0.2) is 14.5 Å². The first-order chi connectivity index (χ1) is 14.3. The number of urea groups is 1.